The van der Waals surface area contributed by atoms with Gasteiger partial charge >= 0.3 is 0 Å². The van der Waals surface area contributed by atoms with Crippen LogP contribution in [-0.2, 0) is 0 Å². The van der Waals surface area contributed by atoms with Gasteiger partial charge in [-0.2, -0.15) is 0 Å². The van der Waals surface area contributed by atoms with Crippen LogP contribution in [0.2, 0.25) is 0 Å². The lowest BCUT2D eigenvalue weighted by Gasteiger charge is -2.30. The van der Waals surface area contributed by atoms with E-state index in [0.29, 0.717) is 0 Å². The van der Waals surface area contributed by atoms with Crippen LogP contribution >= 0.6 is 0 Å². The highest BCUT2D eigenvalue weighted by Gasteiger charge is 2.16. The SMILES string of the molecule is CCCCC/C=C\C/C=C\CCCCCCCCCCCCC(CCCC)CN1CCCCC1. The minimum Gasteiger partial charge on any atom is -0.303 e. The van der Waals surface area contributed by atoms with E-state index in [1.165, 1.54) is 161 Å². The van der Waals surface area contributed by atoms with Gasteiger partial charge in [-0.3, -0.25) is 0 Å². The number of allylic oxidation sites excluding steroid dienone is 4. The summed E-state index contributed by atoms with van der Waals surface area (Å²) in [5, 5.41) is 0. The molecule has 0 aliphatic carbocycles. The number of unbranched alkanes of at least 4 members (excludes halogenated alkanes) is 14. The van der Waals surface area contributed by atoms with Crippen LogP contribution in [0.4, 0.5) is 0 Å². The Morgan fingerprint density at radius 1 is 0.529 bits per heavy atom. The van der Waals surface area contributed by atoms with E-state index in [4.69, 9.17) is 0 Å². The van der Waals surface area contributed by atoms with Gasteiger partial charge in [-0.05, 0) is 76.8 Å². The zero-order valence-corrected chi connectivity index (χ0v) is 23.7. The molecule has 0 spiro atoms. The molecule has 0 aromatic heterocycles. The third-order valence-electron chi connectivity index (χ3n) is 7.74. The van der Waals surface area contributed by atoms with Crippen molar-refractivity contribution >= 4 is 0 Å². The molecule has 0 radical (unpaired) electrons. The third kappa shape index (κ3) is 20.8. The van der Waals surface area contributed by atoms with Crippen molar-refractivity contribution in [2.75, 3.05) is 19.6 Å². The Kier molecular flexibility index (Phi) is 23.6. The second kappa shape index (κ2) is 25.5. The molecular weight excluding hydrogens is 410 g/mol. The predicted octanol–water partition coefficient (Wildman–Crippen LogP) is 11.0. The molecule has 1 unspecified atom stereocenters. The van der Waals surface area contributed by atoms with Crippen LogP contribution in [0, 0.1) is 5.92 Å². The van der Waals surface area contributed by atoms with Crippen LogP contribution in [0.15, 0.2) is 24.3 Å². The molecule has 1 rings (SSSR count). The maximum absolute atomic E-state index is 2.77. The molecule has 1 fully saturated rings. The summed E-state index contributed by atoms with van der Waals surface area (Å²) in [5.41, 5.74) is 0. The Morgan fingerprint density at radius 2 is 1.03 bits per heavy atom. The highest BCUT2D eigenvalue weighted by molar-refractivity contribution is 4.92. The van der Waals surface area contributed by atoms with E-state index < -0.39 is 0 Å². The molecule has 1 aliphatic heterocycles. The molecule has 200 valence electrons. The van der Waals surface area contributed by atoms with E-state index in [1.807, 2.05) is 0 Å². The number of hydrogen-bond donors (Lipinski definition) is 0. The average Bonchev–Trinajstić information content (AvgIpc) is 2.86. The minimum atomic E-state index is 0.972. The molecular formula is C33H63N. The first kappa shape index (κ1) is 31.5. The van der Waals surface area contributed by atoms with Crippen molar-refractivity contribution in [3.63, 3.8) is 0 Å². The second-order valence-corrected chi connectivity index (χ2v) is 11.2. The number of piperidine rings is 1. The van der Waals surface area contributed by atoms with E-state index in [9.17, 15) is 0 Å². The van der Waals surface area contributed by atoms with Gasteiger partial charge in [-0.25, -0.2) is 0 Å². The zero-order chi connectivity index (χ0) is 24.4. The van der Waals surface area contributed by atoms with Gasteiger partial charge in [0.15, 0.2) is 0 Å². The van der Waals surface area contributed by atoms with Gasteiger partial charge < -0.3 is 4.90 Å². The fraction of sp³-hybridized carbons (Fsp3) is 0.879. The van der Waals surface area contributed by atoms with Crippen molar-refractivity contribution in [3.8, 4) is 0 Å². The molecule has 1 heteroatoms. The van der Waals surface area contributed by atoms with Crippen LogP contribution < -0.4 is 0 Å². The van der Waals surface area contributed by atoms with Gasteiger partial charge in [0, 0.05) is 6.54 Å². The summed E-state index contributed by atoms with van der Waals surface area (Å²) < 4.78 is 0. The van der Waals surface area contributed by atoms with Crippen LogP contribution in [0.5, 0.6) is 0 Å². The highest BCUT2D eigenvalue weighted by atomic mass is 15.1. The van der Waals surface area contributed by atoms with Gasteiger partial charge in [0.05, 0.1) is 0 Å². The molecule has 0 saturated carbocycles. The van der Waals surface area contributed by atoms with E-state index in [2.05, 4.69) is 43.1 Å². The van der Waals surface area contributed by atoms with Crippen LogP contribution in [0.3, 0.4) is 0 Å². The van der Waals surface area contributed by atoms with Crippen LogP contribution in [-0.4, -0.2) is 24.5 Å². The van der Waals surface area contributed by atoms with E-state index in [-0.39, 0.29) is 0 Å². The van der Waals surface area contributed by atoms with Gasteiger partial charge in [0.2, 0.25) is 0 Å². The van der Waals surface area contributed by atoms with Gasteiger partial charge in [-0.1, -0.05) is 128 Å². The smallest absolute Gasteiger partial charge is 0.000965 e. The quantitative estimate of drug-likeness (QED) is 0.0994. The summed E-state index contributed by atoms with van der Waals surface area (Å²) in [7, 11) is 0. The Balaban J connectivity index is 1.86. The van der Waals surface area contributed by atoms with E-state index in [0.717, 1.165) is 12.3 Å². The number of likely N-dealkylation sites (tertiary alicyclic amines) is 1. The van der Waals surface area contributed by atoms with Crippen molar-refractivity contribution in [1.29, 1.82) is 0 Å². The molecule has 0 amide bonds. The first-order valence-electron chi connectivity index (χ1n) is 15.9. The van der Waals surface area contributed by atoms with Gasteiger partial charge in [-0.15, -0.1) is 0 Å². The molecule has 1 heterocycles. The molecule has 1 nitrogen and oxygen atoms in total. The summed E-state index contributed by atoms with van der Waals surface area (Å²) in [6.45, 7) is 8.76. The lowest BCUT2D eigenvalue weighted by Crippen LogP contribution is -2.34. The van der Waals surface area contributed by atoms with Crippen molar-refractivity contribution in [1.82, 2.24) is 4.90 Å². The summed E-state index contributed by atoms with van der Waals surface area (Å²) in [5.74, 6) is 0.972. The molecule has 1 saturated heterocycles. The Labute approximate surface area is 216 Å². The minimum absolute atomic E-state index is 0.972. The lowest BCUT2D eigenvalue weighted by atomic mass is 9.93. The maximum atomic E-state index is 2.77. The lowest BCUT2D eigenvalue weighted by molar-refractivity contribution is 0.183. The average molecular weight is 474 g/mol. The highest BCUT2D eigenvalue weighted by Crippen LogP contribution is 2.21. The molecule has 1 aliphatic rings. The predicted molar refractivity (Wildman–Crippen MR) is 156 cm³/mol. The Morgan fingerprint density at radius 3 is 1.62 bits per heavy atom. The Hall–Kier alpha value is -0.560. The van der Waals surface area contributed by atoms with E-state index in [1.54, 1.807) is 0 Å². The molecule has 34 heavy (non-hydrogen) atoms. The summed E-state index contributed by atoms with van der Waals surface area (Å²) in [4.78, 5) is 2.77. The second-order valence-electron chi connectivity index (χ2n) is 11.2. The topological polar surface area (TPSA) is 3.24 Å². The molecule has 0 bridgehead atoms. The van der Waals surface area contributed by atoms with Crippen molar-refractivity contribution < 1.29 is 0 Å². The van der Waals surface area contributed by atoms with Crippen LogP contribution in [0.1, 0.15) is 162 Å². The zero-order valence-electron chi connectivity index (χ0n) is 23.7. The fourth-order valence-electron chi connectivity index (χ4n) is 5.46. The largest absolute Gasteiger partial charge is 0.303 e. The standard InChI is InChI=1S/C33H63N/c1-3-5-7-8-9-10-11-12-13-14-15-16-17-18-19-20-21-22-23-25-29-33(28-6-4-2)32-34-30-26-24-27-31-34/h9-10,12-13,33H,3-8,11,14-32H2,1-2H3/b10-9-,13-12-. The van der Waals surface area contributed by atoms with Crippen molar-refractivity contribution in [2.24, 2.45) is 5.92 Å². The fourth-order valence-corrected chi connectivity index (χ4v) is 5.46. The number of hydrogen-bond acceptors (Lipinski definition) is 1. The van der Waals surface area contributed by atoms with Crippen molar-refractivity contribution in [3.05, 3.63) is 24.3 Å². The molecule has 1 atom stereocenters. The van der Waals surface area contributed by atoms with Gasteiger partial charge in [0.1, 0.15) is 0 Å². The first-order chi connectivity index (χ1) is 16.9. The van der Waals surface area contributed by atoms with Gasteiger partial charge in [0.25, 0.3) is 0 Å². The third-order valence-corrected chi connectivity index (χ3v) is 7.74. The maximum Gasteiger partial charge on any atom is 0.000965 e. The van der Waals surface area contributed by atoms with Crippen molar-refractivity contribution in [2.45, 2.75) is 162 Å². The summed E-state index contributed by atoms with van der Waals surface area (Å²) >= 11 is 0. The normalized spacial score (nSPS) is 16.2. The number of rotatable bonds is 24. The summed E-state index contributed by atoms with van der Waals surface area (Å²) in [6, 6.07) is 0. The molecule has 0 aromatic rings. The Bertz CT molecular complexity index is 445. The monoisotopic (exact) mass is 473 g/mol. The van der Waals surface area contributed by atoms with E-state index >= 15 is 0 Å². The first-order valence-corrected chi connectivity index (χ1v) is 15.9. The molecule has 0 N–H and O–H groups in total. The van der Waals surface area contributed by atoms with Crippen LogP contribution in [0.25, 0.3) is 0 Å². The number of nitrogens with zero attached hydrogens (tertiary/aromatic N) is 1. The summed E-state index contributed by atoms with van der Waals surface area (Å²) in [6.07, 6.45) is 41.8. The molecule has 0 aromatic carbocycles.